The standard InChI is InChI=1S/C14H23NO3/c1-10(2)14(12(17)18)7-8-15(9-14)11(16)13(3)5-4-6-13/h10H,4-9H2,1-3H3,(H,17,18). The number of amides is 1. The molecule has 1 saturated heterocycles. The van der Waals surface area contributed by atoms with Gasteiger partial charge in [-0.3, -0.25) is 9.59 Å². The van der Waals surface area contributed by atoms with Gasteiger partial charge in [0.05, 0.1) is 5.41 Å². The molecule has 102 valence electrons. The molecule has 0 bridgehead atoms. The molecule has 4 nitrogen and oxygen atoms in total. The second-order valence-corrected chi connectivity index (χ2v) is 6.51. The number of aliphatic carboxylic acids is 1. The van der Waals surface area contributed by atoms with Crippen LogP contribution in [0.5, 0.6) is 0 Å². The van der Waals surface area contributed by atoms with Crippen molar-refractivity contribution < 1.29 is 14.7 Å². The Bertz CT molecular complexity index is 373. The Kier molecular flexibility index (Phi) is 3.16. The van der Waals surface area contributed by atoms with E-state index in [2.05, 4.69) is 0 Å². The summed E-state index contributed by atoms with van der Waals surface area (Å²) in [5.74, 6) is -0.536. The van der Waals surface area contributed by atoms with E-state index in [4.69, 9.17) is 0 Å². The van der Waals surface area contributed by atoms with Crippen molar-refractivity contribution in [1.82, 2.24) is 4.90 Å². The highest BCUT2D eigenvalue weighted by atomic mass is 16.4. The fourth-order valence-electron chi connectivity index (χ4n) is 3.20. The number of nitrogens with zero attached hydrogens (tertiary/aromatic N) is 1. The molecule has 2 fully saturated rings. The van der Waals surface area contributed by atoms with Crippen molar-refractivity contribution in [2.24, 2.45) is 16.7 Å². The highest BCUT2D eigenvalue weighted by Gasteiger charge is 2.51. The van der Waals surface area contributed by atoms with Crippen LogP contribution in [0.1, 0.15) is 46.5 Å². The predicted octanol–water partition coefficient (Wildman–Crippen LogP) is 2.14. The first-order valence-electron chi connectivity index (χ1n) is 6.85. The van der Waals surface area contributed by atoms with Crippen LogP contribution in [0.25, 0.3) is 0 Å². The summed E-state index contributed by atoms with van der Waals surface area (Å²) in [6.07, 6.45) is 3.60. The molecule has 0 radical (unpaired) electrons. The van der Waals surface area contributed by atoms with Crippen LogP contribution in [-0.2, 0) is 9.59 Å². The Hall–Kier alpha value is -1.06. The summed E-state index contributed by atoms with van der Waals surface area (Å²) in [6.45, 7) is 6.86. The Balaban J connectivity index is 2.12. The average molecular weight is 253 g/mol. The maximum atomic E-state index is 12.4. The van der Waals surface area contributed by atoms with Crippen molar-refractivity contribution in [1.29, 1.82) is 0 Å². The quantitative estimate of drug-likeness (QED) is 0.838. The second kappa shape index (κ2) is 4.25. The number of rotatable bonds is 3. The minimum Gasteiger partial charge on any atom is -0.481 e. The number of hydrogen-bond donors (Lipinski definition) is 1. The first kappa shape index (κ1) is 13.4. The van der Waals surface area contributed by atoms with Gasteiger partial charge in [0.2, 0.25) is 5.91 Å². The van der Waals surface area contributed by atoms with Crippen LogP contribution in [0.15, 0.2) is 0 Å². The van der Waals surface area contributed by atoms with Crippen LogP contribution >= 0.6 is 0 Å². The summed E-state index contributed by atoms with van der Waals surface area (Å²) < 4.78 is 0. The minimum absolute atomic E-state index is 0.0574. The van der Waals surface area contributed by atoms with E-state index in [1.54, 1.807) is 4.90 Å². The zero-order valence-electron chi connectivity index (χ0n) is 11.5. The normalized spacial score (nSPS) is 30.3. The predicted molar refractivity (Wildman–Crippen MR) is 68.1 cm³/mol. The van der Waals surface area contributed by atoms with E-state index in [-0.39, 0.29) is 17.2 Å². The summed E-state index contributed by atoms with van der Waals surface area (Å²) in [5, 5.41) is 9.47. The van der Waals surface area contributed by atoms with Crippen LogP contribution in [0.3, 0.4) is 0 Å². The zero-order chi connectivity index (χ0) is 13.6. The summed E-state index contributed by atoms with van der Waals surface area (Å²) in [6, 6.07) is 0. The van der Waals surface area contributed by atoms with Gasteiger partial charge in [-0.1, -0.05) is 27.2 Å². The number of carboxylic acid groups (broad SMARTS) is 1. The van der Waals surface area contributed by atoms with Crippen LogP contribution in [0, 0.1) is 16.7 Å². The zero-order valence-corrected chi connectivity index (χ0v) is 11.5. The Morgan fingerprint density at radius 1 is 1.22 bits per heavy atom. The molecule has 0 aromatic rings. The monoisotopic (exact) mass is 253 g/mol. The van der Waals surface area contributed by atoms with Gasteiger partial charge in [0, 0.05) is 18.5 Å². The lowest BCUT2D eigenvalue weighted by Crippen LogP contribution is -2.47. The minimum atomic E-state index is -0.758. The SMILES string of the molecule is CC(C)C1(C(=O)O)CCN(C(=O)C2(C)CCC2)C1. The van der Waals surface area contributed by atoms with E-state index in [1.165, 1.54) is 0 Å². The van der Waals surface area contributed by atoms with E-state index >= 15 is 0 Å². The maximum absolute atomic E-state index is 12.4. The molecule has 18 heavy (non-hydrogen) atoms. The summed E-state index contributed by atoms with van der Waals surface area (Å²) in [5.41, 5.74) is -0.957. The molecule has 1 unspecified atom stereocenters. The third kappa shape index (κ3) is 1.82. The summed E-state index contributed by atoms with van der Waals surface area (Å²) in [7, 11) is 0. The van der Waals surface area contributed by atoms with E-state index in [9.17, 15) is 14.7 Å². The lowest BCUT2D eigenvalue weighted by molar-refractivity contribution is -0.152. The number of hydrogen-bond acceptors (Lipinski definition) is 2. The van der Waals surface area contributed by atoms with E-state index < -0.39 is 11.4 Å². The molecule has 1 saturated carbocycles. The Labute approximate surface area is 108 Å². The first-order valence-corrected chi connectivity index (χ1v) is 6.85. The van der Waals surface area contributed by atoms with Gasteiger partial charge in [-0.25, -0.2) is 0 Å². The average Bonchev–Trinajstić information content (AvgIpc) is 2.70. The number of carboxylic acids is 1. The number of likely N-dealkylation sites (tertiary alicyclic amines) is 1. The molecule has 0 aromatic heterocycles. The van der Waals surface area contributed by atoms with Crippen molar-refractivity contribution in [2.75, 3.05) is 13.1 Å². The molecule has 1 N–H and O–H groups in total. The molecule has 2 aliphatic rings. The second-order valence-electron chi connectivity index (χ2n) is 6.51. The third-order valence-electron chi connectivity index (χ3n) is 5.09. The molecule has 1 amide bonds. The van der Waals surface area contributed by atoms with Crippen LogP contribution in [-0.4, -0.2) is 35.0 Å². The van der Waals surface area contributed by atoms with E-state index in [1.807, 2.05) is 20.8 Å². The van der Waals surface area contributed by atoms with Gasteiger partial charge in [-0.05, 0) is 25.2 Å². The molecular formula is C14H23NO3. The fraction of sp³-hybridized carbons (Fsp3) is 0.857. The van der Waals surface area contributed by atoms with Crippen LogP contribution < -0.4 is 0 Å². The van der Waals surface area contributed by atoms with Crippen molar-refractivity contribution >= 4 is 11.9 Å². The Morgan fingerprint density at radius 2 is 1.83 bits per heavy atom. The molecule has 1 heterocycles. The van der Waals surface area contributed by atoms with Gasteiger partial charge >= 0.3 is 5.97 Å². The van der Waals surface area contributed by atoms with E-state index in [0.717, 1.165) is 19.3 Å². The van der Waals surface area contributed by atoms with Crippen molar-refractivity contribution in [3.8, 4) is 0 Å². The Morgan fingerprint density at radius 3 is 2.17 bits per heavy atom. The number of carbonyl (C=O) groups is 2. The lowest BCUT2D eigenvalue weighted by Gasteiger charge is -2.40. The van der Waals surface area contributed by atoms with Gasteiger partial charge in [-0.2, -0.15) is 0 Å². The van der Waals surface area contributed by atoms with Crippen LogP contribution in [0.4, 0.5) is 0 Å². The van der Waals surface area contributed by atoms with E-state index in [0.29, 0.717) is 19.5 Å². The highest BCUT2D eigenvalue weighted by molar-refractivity contribution is 5.85. The lowest BCUT2D eigenvalue weighted by atomic mass is 9.69. The molecule has 1 atom stereocenters. The van der Waals surface area contributed by atoms with Gasteiger partial charge in [-0.15, -0.1) is 0 Å². The maximum Gasteiger partial charge on any atom is 0.311 e. The van der Waals surface area contributed by atoms with Gasteiger partial charge in [0.1, 0.15) is 0 Å². The van der Waals surface area contributed by atoms with Crippen molar-refractivity contribution in [3.05, 3.63) is 0 Å². The molecule has 0 spiro atoms. The summed E-state index contributed by atoms with van der Waals surface area (Å²) >= 11 is 0. The molecule has 2 rings (SSSR count). The largest absolute Gasteiger partial charge is 0.481 e. The smallest absolute Gasteiger partial charge is 0.311 e. The highest BCUT2D eigenvalue weighted by Crippen LogP contribution is 2.45. The molecular weight excluding hydrogens is 230 g/mol. The van der Waals surface area contributed by atoms with Crippen molar-refractivity contribution in [2.45, 2.75) is 46.5 Å². The first-order chi connectivity index (χ1) is 8.32. The third-order valence-corrected chi connectivity index (χ3v) is 5.09. The topological polar surface area (TPSA) is 57.6 Å². The molecule has 0 aromatic carbocycles. The van der Waals surface area contributed by atoms with Crippen molar-refractivity contribution in [3.63, 3.8) is 0 Å². The molecule has 1 aliphatic carbocycles. The summed E-state index contributed by atoms with van der Waals surface area (Å²) in [4.78, 5) is 25.7. The molecule has 1 aliphatic heterocycles. The fourth-order valence-corrected chi connectivity index (χ4v) is 3.20. The molecule has 4 heteroatoms. The van der Waals surface area contributed by atoms with Crippen LogP contribution in [0.2, 0.25) is 0 Å². The van der Waals surface area contributed by atoms with Gasteiger partial charge in [0.25, 0.3) is 0 Å². The number of carbonyl (C=O) groups excluding carboxylic acids is 1. The van der Waals surface area contributed by atoms with Gasteiger partial charge < -0.3 is 10.0 Å². The van der Waals surface area contributed by atoms with Gasteiger partial charge in [0.15, 0.2) is 0 Å².